The summed E-state index contributed by atoms with van der Waals surface area (Å²) in [6.07, 6.45) is 4.67. The van der Waals surface area contributed by atoms with Gasteiger partial charge in [-0.3, -0.25) is 4.79 Å². The van der Waals surface area contributed by atoms with Crippen molar-refractivity contribution in [2.24, 2.45) is 0 Å². The van der Waals surface area contributed by atoms with Gasteiger partial charge >= 0.3 is 0 Å². The Labute approximate surface area is 93.4 Å². The molecule has 1 saturated heterocycles. The van der Waals surface area contributed by atoms with Crippen LogP contribution in [-0.4, -0.2) is 48.4 Å². The molecule has 0 spiro atoms. The maximum Gasteiger partial charge on any atom is 0.223 e. The normalized spacial score (nSPS) is 17.7. The van der Waals surface area contributed by atoms with Gasteiger partial charge in [0.25, 0.3) is 0 Å². The van der Waals surface area contributed by atoms with E-state index in [2.05, 4.69) is 4.90 Å². The minimum atomic E-state index is 0.311. The lowest BCUT2D eigenvalue weighted by Crippen LogP contribution is -2.36. The number of carbonyl (C=O) groups excluding carboxylic acids is 1. The number of carbonyl (C=O) groups is 1. The number of nitrogens with zero attached hydrogens (tertiary/aromatic N) is 2. The highest BCUT2D eigenvalue weighted by molar-refractivity contribution is 5.76. The van der Waals surface area contributed by atoms with Crippen LogP contribution in [0.5, 0.6) is 0 Å². The molecule has 0 atom stereocenters. The van der Waals surface area contributed by atoms with Crippen molar-refractivity contribution in [3.8, 4) is 0 Å². The Hall–Kier alpha value is -0.570. The van der Waals surface area contributed by atoms with Crippen LogP contribution >= 0.6 is 0 Å². The highest BCUT2D eigenvalue weighted by atomic mass is 16.2. The highest BCUT2D eigenvalue weighted by Gasteiger charge is 2.14. The van der Waals surface area contributed by atoms with Crippen LogP contribution in [0.2, 0.25) is 0 Å². The average Bonchev–Trinajstić information content (AvgIpc) is 2.29. The zero-order valence-electron chi connectivity index (χ0n) is 10.2. The highest BCUT2D eigenvalue weighted by Crippen LogP contribution is 2.09. The van der Waals surface area contributed by atoms with E-state index in [1.54, 1.807) is 0 Å². The summed E-state index contributed by atoms with van der Waals surface area (Å²) in [4.78, 5) is 16.1. The molecule has 0 radical (unpaired) electrons. The molecule has 1 aliphatic rings. The number of rotatable bonds is 5. The number of hydrogen-bond acceptors (Lipinski definition) is 2. The van der Waals surface area contributed by atoms with Gasteiger partial charge in [-0.1, -0.05) is 6.42 Å². The van der Waals surface area contributed by atoms with Gasteiger partial charge in [-0.2, -0.15) is 0 Å². The third-order valence-electron chi connectivity index (χ3n) is 3.21. The Morgan fingerprint density at radius 2 is 1.73 bits per heavy atom. The van der Waals surface area contributed by atoms with Crippen LogP contribution in [0.1, 0.15) is 39.5 Å². The SMILES string of the molecule is CCN(CC)C(=O)CCN1CCCCC1. The first-order valence-electron chi connectivity index (χ1n) is 6.28. The maximum atomic E-state index is 11.7. The molecule has 0 aromatic carbocycles. The molecule has 1 aliphatic heterocycles. The van der Waals surface area contributed by atoms with E-state index in [0.717, 1.165) is 19.6 Å². The van der Waals surface area contributed by atoms with Crippen LogP contribution in [0.3, 0.4) is 0 Å². The summed E-state index contributed by atoms with van der Waals surface area (Å²) in [5.41, 5.74) is 0. The molecule has 0 bridgehead atoms. The molecule has 0 saturated carbocycles. The van der Waals surface area contributed by atoms with E-state index in [1.165, 1.54) is 32.4 Å². The Morgan fingerprint density at radius 1 is 1.13 bits per heavy atom. The lowest BCUT2D eigenvalue weighted by Gasteiger charge is -2.27. The minimum absolute atomic E-state index is 0.311. The van der Waals surface area contributed by atoms with Gasteiger partial charge < -0.3 is 9.80 Å². The van der Waals surface area contributed by atoms with Crippen LogP contribution in [0, 0.1) is 0 Å². The molecule has 0 aliphatic carbocycles. The second-order valence-electron chi connectivity index (χ2n) is 4.22. The second-order valence-corrected chi connectivity index (χ2v) is 4.22. The Morgan fingerprint density at radius 3 is 2.27 bits per heavy atom. The molecule has 3 heteroatoms. The zero-order valence-corrected chi connectivity index (χ0v) is 10.2. The summed E-state index contributed by atoms with van der Waals surface area (Å²) in [5.74, 6) is 0.311. The summed E-state index contributed by atoms with van der Waals surface area (Å²) in [6.45, 7) is 9.10. The number of likely N-dealkylation sites (tertiary alicyclic amines) is 1. The first kappa shape index (κ1) is 12.5. The molecule has 0 aromatic rings. The van der Waals surface area contributed by atoms with Crippen molar-refractivity contribution in [1.82, 2.24) is 9.80 Å². The van der Waals surface area contributed by atoms with Crippen LogP contribution < -0.4 is 0 Å². The number of amides is 1. The second kappa shape index (κ2) is 6.83. The van der Waals surface area contributed by atoms with Gasteiger partial charge in [-0.15, -0.1) is 0 Å². The molecule has 3 nitrogen and oxygen atoms in total. The molecule has 1 fully saturated rings. The van der Waals surface area contributed by atoms with Gasteiger partial charge in [0.05, 0.1) is 0 Å². The fraction of sp³-hybridized carbons (Fsp3) is 0.917. The zero-order chi connectivity index (χ0) is 11.1. The van der Waals surface area contributed by atoms with E-state index < -0.39 is 0 Å². The van der Waals surface area contributed by atoms with Gasteiger partial charge in [-0.25, -0.2) is 0 Å². The summed E-state index contributed by atoms with van der Waals surface area (Å²) in [5, 5.41) is 0. The molecule has 1 rings (SSSR count). The van der Waals surface area contributed by atoms with E-state index in [-0.39, 0.29) is 0 Å². The third-order valence-corrected chi connectivity index (χ3v) is 3.21. The smallest absolute Gasteiger partial charge is 0.223 e. The third kappa shape index (κ3) is 4.20. The Balaban J connectivity index is 2.20. The summed E-state index contributed by atoms with van der Waals surface area (Å²) >= 11 is 0. The molecular weight excluding hydrogens is 188 g/mol. The monoisotopic (exact) mass is 212 g/mol. The van der Waals surface area contributed by atoms with Crippen molar-refractivity contribution in [3.05, 3.63) is 0 Å². The van der Waals surface area contributed by atoms with Gasteiger partial charge in [0, 0.05) is 26.1 Å². The van der Waals surface area contributed by atoms with Crippen molar-refractivity contribution >= 4 is 5.91 Å². The molecule has 0 unspecified atom stereocenters. The Kier molecular flexibility index (Phi) is 5.69. The molecule has 0 N–H and O–H groups in total. The number of piperidine rings is 1. The van der Waals surface area contributed by atoms with Crippen molar-refractivity contribution in [3.63, 3.8) is 0 Å². The van der Waals surface area contributed by atoms with E-state index in [4.69, 9.17) is 0 Å². The van der Waals surface area contributed by atoms with E-state index in [0.29, 0.717) is 12.3 Å². The fourth-order valence-electron chi connectivity index (χ4n) is 2.17. The maximum absolute atomic E-state index is 11.7. The Bertz CT molecular complexity index is 184. The van der Waals surface area contributed by atoms with E-state index in [9.17, 15) is 4.79 Å². The van der Waals surface area contributed by atoms with E-state index in [1.807, 2.05) is 18.7 Å². The predicted molar refractivity (Wildman–Crippen MR) is 62.8 cm³/mol. The topological polar surface area (TPSA) is 23.6 Å². The van der Waals surface area contributed by atoms with E-state index >= 15 is 0 Å². The summed E-state index contributed by atoms with van der Waals surface area (Å²) in [7, 11) is 0. The van der Waals surface area contributed by atoms with Gasteiger partial charge in [0.15, 0.2) is 0 Å². The molecule has 88 valence electrons. The van der Waals surface area contributed by atoms with Gasteiger partial charge in [0.2, 0.25) is 5.91 Å². The summed E-state index contributed by atoms with van der Waals surface area (Å²) < 4.78 is 0. The fourth-order valence-corrected chi connectivity index (χ4v) is 2.17. The van der Waals surface area contributed by atoms with Crippen molar-refractivity contribution in [1.29, 1.82) is 0 Å². The molecule has 15 heavy (non-hydrogen) atoms. The lowest BCUT2D eigenvalue weighted by atomic mass is 10.1. The van der Waals surface area contributed by atoms with Crippen molar-refractivity contribution in [2.75, 3.05) is 32.7 Å². The first-order chi connectivity index (χ1) is 7.27. The lowest BCUT2D eigenvalue weighted by molar-refractivity contribution is -0.131. The van der Waals surface area contributed by atoms with Crippen LogP contribution in [0.4, 0.5) is 0 Å². The van der Waals surface area contributed by atoms with Crippen molar-refractivity contribution in [2.45, 2.75) is 39.5 Å². The van der Waals surface area contributed by atoms with Crippen LogP contribution in [-0.2, 0) is 4.79 Å². The quantitative estimate of drug-likeness (QED) is 0.693. The minimum Gasteiger partial charge on any atom is -0.343 e. The standard InChI is InChI=1S/C12H24N2O/c1-3-14(4-2)12(15)8-11-13-9-6-5-7-10-13/h3-11H2,1-2H3. The van der Waals surface area contributed by atoms with Crippen LogP contribution in [0.25, 0.3) is 0 Å². The van der Waals surface area contributed by atoms with Gasteiger partial charge in [0.1, 0.15) is 0 Å². The largest absolute Gasteiger partial charge is 0.343 e. The van der Waals surface area contributed by atoms with Crippen LogP contribution in [0.15, 0.2) is 0 Å². The average molecular weight is 212 g/mol. The van der Waals surface area contributed by atoms with Gasteiger partial charge in [-0.05, 0) is 39.8 Å². The number of hydrogen-bond donors (Lipinski definition) is 0. The summed E-state index contributed by atoms with van der Waals surface area (Å²) in [6, 6.07) is 0. The first-order valence-corrected chi connectivity index (χ1v) is 6.28. The van der Waals surface area contributed by atoms with Crippen molar-refractivity contribution < 1.29 is 4.79 Å². The predicted octanol–water partition coefficient (Wildman–Crippen LogP) is 1.73. The molecule has 1 heterocycles. The molecular formula is C12H24N2O. The molecule has 1 amide bonds. The molecule has 0 aromatic heterocycles.